The van der Waals surface area contributed by atoms with E-state index in [4.69, 9.17) is 4.74 Å². The Morgan fingerprint density at radius 3 is 2.41 bits per heavy atom. The van der Waals surface area contributed by atoms with Crippen molar-refractivity contribution >= 4 is 17.5 Å². The summed E-state index contributed by atoms with van der Waals surface area (Å²) in [5.74, 6) is -0.709. The van der Waals surface area contributed by atoms with Crippen molar-refractivity contribution in [1.82, 2.24) is 0 Å². The van der Waals surface area contributed by atoms with E-state index < -0.39 is 5.97 Å². The van der Waals surface area contributed by atoms with Gasteiger partial charge < -0.3 is 19.7 Å². The summed E-state index contributed by atoms with van der Waals surface area (Å²) >= 11 is 0. The summed E-state index contributed by atoms with van der Waals surface area (Å²) < 4.78 is 5.82. The number of phenolic OH excluding ortho intramolecular Hbond substituents is 1. The van der Waals surface area contributed by atoms with E-state index in [2.05, 4.69) is 0 Å². The van der Waals surface area contributed by atoms with Crippen molar-refractivity contribution in [1.29, 1.82) is 0 Å². The molecule has 0 spiro atoms. The van der Waals surface area contributed by atoms with Gasteiger partial charge in [-0.2, -0.15) is 0 Å². The van der Waals surface area contributed by atoms with Gasteiger partial charge in [-0.05, 0) is 37.6 Å². The fourth-order valence-corrected chi connectivity index (χ4v) is 3.46. The van der Waals surface area contributed by atoms with Gasteiger partial charge in [-0.25, -0.2) is 4.79 Å². The Balaban J connectivity index is 0.000000552. The molecule has 0 saturated carbocycles. The predicted octanol–water partition coefficient (Wildman–Crippen LogP) is 3.85. The van der Waals surface area contributed by atoms with E-state index in [1.807, 2.05) is 0 Å². The number of Topliss-reactive ketones (excluding diaryl/α,β-unsaturated/α-hetero) is 1. The third-order valence-corrected chi connectivity index (χ3v) is 4.53. The largest absolute Gasteiger partial charge is 0.508 e. The fraction of sp³-hybridized carbons (Fsp3) is 0.174. The number of carbonyl (C=O) groups is 3. The molecule has 29 heavy (non-hydrogen) atoms. The lowest BCUT2D eigenvalue weighted by atomic mass is 9.74. The maximum atomic E-state index is 11.7. The Bertz CT molecular complexity index is 1040. The van der Waals surface area contributed by atoms with Crippen LogP contribution in [-0.2, 0) is 9.59 Å². The van der Waals surface area contributed by atoms with Gasteiger partial charge in [0.1, 0.15) is 23.0 Å². The number of fused-ring (bicyclic) bond motifs is 2. The van der Waals surface area contributed by atoms with E-state index in [1.165, 1.54) is 32.1 Å². The van der Waals surface area contributed by atoms with E-state index in [0.29, 0.717) is 17.1 Å². The molecule has 2 aliphatic rings. The van der Waals surface area contributed by atoms with E-state index in [0.717, 1.165) is 5.56 Å². The monoisotopic (exact) mass is 392 g/mol. The number of hydrogen-bond donors (Lipinski definition) is 2. The van der Waals surface area contributed by atoms with Crippen molar-refractivity contribution < 1.29 is 29.3 Å². The topological polar surface area (TPSA) is 101 Å². The first-order valence-electron chi connectivity index (χ1n) is 9.02. The van der Waals surface area contributed by atoms with Gasteiger partial charge in [0.15, 0.2) is 5.78 Å². The van der Waals surface area contributed by atoms with Gasteiger partial charge >= 0.3 is 5.97 Å². The molecule has 0 saturated heterocycles. The molecular formula is C23H20O6. The molecule has 0 fully saturated rings. The highest BCUT2D eigenvalue weighted by Crippen LogP contribution is 2.48. The molecule has 6 heteroatoms. The number of carboxylic acid groups (broad SMARTS) is 1. The van der Waals surface area contributed by atoms with Crippen LogP contribution in [0.25, 0.3) is 0 Å². The number of allylic oxidation sites excluding steroid dienone is 3. The molecule has 2 aromatic rings. The second-order valence-electron chi connectivity index (χ2n) is 6.94. The number of aromatic carboxylic acids is 1. The van der Waals surface area contributed by atoms with Crippen LogP contribution in [0.3, 0.4) is 0 Å². The van der Waals surface area contributed by atoms with Crippen LogP contribution in [0.5, 0.6) is 11.5 Å². The third-order valence-electron chi connectivity index (χ3n) is 4.53. The Kier molecular flexibility index (Phi) is 5.64. The lowest BCUT2D eigenvalue weighted by Gasteiger charge is -2.35. The minimum atomic E-state index is -1.01. The Morgan fingerprint density at radius 2 is 1.72 bits per heavy atom. The minimum Gasteiger partial charge on any atom is -0.508 e. The molecule has 2 aromatic carbocycles. The maximum absolute atomic E-state index is 11.7. The van der Waals surface area contributed by atoms with Crippen LogP contribution >= 0.6 is 0 Å². The van der Waals surface area contributed by atoms with E-state index in [9.17, 15) is 24.6 Å². The van der Waals surface area contributed by atoms with Gasteiger partial charge in [-0.15, -0.1) is 0 Å². The normalized spacial score (nSPS) is 19.0. The van der Waals surface area contributed by atoms with Crippen molar-refractivity contribution in [2.24, 2.45) is 5.92 Å². The zero-order chi connectivity index (χ0) is 21.1. The summed E-state index contributed by atoms with van der Waals surface area (Å²) in [7, 11) is 0. The third kappa shape index (κ3) is 4.27. The zero-order valence-electron chi connectivity index (χ0n) is 16.0. The molecule has 4 rings (SSSR count). The summed E-state index contributed by atoms with van der Waals surface area (Å²) in [6, 6.07) is 11.6. The average Bonchev–Trinajstić information content (AvgIpc) is 2.65. The highest BCUT2D eigenvalue weighted by Gasteiger charge is 2.38. The van der Waals surface area contributed by atoms with E-state index in [-0.39, 0.29) is 34.7 Å². The van der Waals surface area contributed by atoms with Gasteiger partial charge in [0.2, 0.25) is 0 Å². The molecule has 0 radical (unpaired) electrons. The second-order valence-corrected chi connectivity index (χ2v) is 6.94. The molecule has 1 aliphatic carbocycles. The summed E-state index contributed by atoms with van der Waals surface area (Å²) in [4.78, 5) is 32.9. The Hall–Kier alpha value is -3.67. The van der Waals surface area contributed by atoms with Crippen LogP contribution in [0, 0.1) is 5.92 Å². The van der Waals surface area contributed by atoms with Crippen molar-refractivity contribution in [3.63, 3.8) is 0 Å². The van der Waals surface area contributed by atoms with Crippen molar-refractivity contribution in [2.75, 3.05) is 0 Å². The number of hydrogen-bond acceptors (Lipinski definition) is 5. The first-order chi connectivity index (χ1) is 13.8. The minimum absolute atomic E-state index is 0.0424. The molecular weight excluding hydrogens is 372 g/mol. The first-order valence-corrected chi connectivity index (χ1v) is 9.02. The van der Waals surface area contributed by atoms with Crippen LogP contribution in [0.1, 0.15) is 41.3 Å². The van der Waals surface area contributed by atoms with Crippen LogP contribution < -0.4 is 4.74 Å². The molecule has 1 heterocycles. The second kappa shape index (κ2) is 8.14. The summed E-state index contributed by atoms with van der Waals surface area (Å²) in [6.07, 6.45) is 4.63. The molecule has 2 N–H and O–H groups in total. The maximum Gasteiger partial charge on any atom is 0.335 e. The van der Waals surface area contributed by atoms with Crippen LogP contribution in [0.2, 0.25) is 0 Å². The lowest BCUT2D eigenvalue weighted by Crippen LogP contribution is -2.27. The highest BCUT2D eigenvalue weighted by molar-refractivity contribution is 6.01. The SMILES string of the molecule is CC(C)=O.O=C1C=CC2C(=C1)Oc1cc(O)ccc1C2c1ccccc1C(=O)O. The molecule has 0 bridgehead atoms. The van der Waals surface area contributed by atoms with Crippen molar-refractivity contribution in [3.05, 3.63) is 83.1 Å². The zero-order valence-corrected chi connectivity index (χ0v) is 16.0. The number of rotatable bonds is 2. The number of ether oxygens (including phenoxy) is 1. The van der Waals surface area contributed by atoms with Crippen molar-refractivity contribution in [2.45, 2.75) is 19.8 Å². The lowest BCUT2D eigenvalue weighted by molar-refractivity contribution is -0.115. The predicted molar refractivity (Wildman–Crippen MR) is 106 cm³/mol. The number of aromatic hydroxyl groups is 1. The smallest absolute Gasteiger partial charge is 0.335 e. The van der Waals surface area contributed by atoms with Gasteiger partial charge in [-0.3, -0.25) is 4.79 Å². The van der Waals surface area contributed by atoms with Gasteiger partial charge in [-0.1, -0.05) is 30.3 Å². The first kappa shape index (κ1) is 20.1. The molecule has 6 nitrogen and oxygen atoms in total. The Morgan fingerprint density at radius 1 is 1.03 bits per heavy atom. The molecule has 0 amide bonds. The molecule has 148 valence electrons. The highest BCUT2D eigenvalue weighted by atomic mass is 16.5. The average molecular weight is 392 g/mol. The molecule has 0 aromatic heterocycles. The summed E-state index contributed by atoms with van der Waals surface area (Å²) in [5, 5.41) is 19.3. The molecule has 1 aliphatic heterocycles. The fourth-order valence-electron chi connectivity index (χ4n) is 3.46. The van der Waals surface area contributed by atoms with Crippen LogP contribution in [0.4, 0.5) is 0 Å². The number of benzene rings is 2. The van der Waals surface area contributed by atoms with Crippen molar-refractivity contribution in [3.8, 4) is 11.5 Å². The molecule has 2 unspecified atom stereocenters. The number of carboxylic acids is 1. The summed E-state index contributed by atoms with van der Waals surface area (Å²) in [6.45, 7) is 3.06. The van der Waals surface area contributed by atoms with E-state index in [1.54, 1.807) is 42.5 Å². The number of phenols is 1. The standard InChI is InChI=1S/C20H14O5.C3H6O/c21-11-5-7-15-17(9-11)25-18-10-12(22)6-8-16(18)19(15)13-3-1-2-4-14(13)20(23)24;1-3(2)4/h1-10,15,19,22H,(H,23,24);1-2H3. The molecule has 2 atom stereocenters. The van der Waals surface area contributed by atoms with Crippen LogP contribution in [0.15, 0.2) is 66.5 Å². The van der Waals surface area contributed by atoms with E-state index >= 15 is 0 Å². The number of carbonyl (C=O) groups excluding carboxylic acids is 2. The van der Waals surface area contributed by atoms with Gasteiger partial charge in [0.25, 0.3) is 0 Å². The van der Waals surface area contributed by atoms with Gasteiger partial charge in [0.05, 0.1) is 5.56 Å². The van der Waals surface area contributed by atoms with Gasteiger partial charge in [0, 0.05) is 29.5 Å². The number of ketones is 2. The van der Waals surface area contributed by atoms with Crippen LogP contribution in [-0.4, -0.2) is 27.7 Å². The Labute approximate surface area is 167 Å². The summed E-state index contributed by atoms with van der Waals surface area (Å²) in [5.41, 5.74) is 1.62. The quantitative estimate of drug-likeness (QED) is 0.805.